The van der Waals surface area contributed by atoms with E-state index in [0.717, 1.165) is 5.56 Å². The highest BCUT2D eigenvalue weighted by Gasteiger charge is 2.12. The first-order valence-electron chi connectivity index (χ1n) is 6.73. The van der Waals surface area contributed by atoms with Gasteiger partial charge in [-0.3, -0.25) is 9.89 Å². The van der Waals surface area contributed by atoms with Crippen LogP contribution in [0.2, 0.25) is 0 Å². The number of nitrogens with one attached hydrogen (secondary N) is 1. The SMILES string of the molecule is CCN(CC)C(=O)CSc1n[nH]c(-c2ccc(F)cc2)n1. The second-order valence-corrected chi connectivity index (χ2v) is 5.27. The maximum absolute atomic E-state index is 12.9. The summed E-state index contributed by atoms with van der Waals surface area (Å²) in [4.78, 5) is 18.0. The summed E-state index contributed by atoms with van der Waals surface area (Å²) < 4.78 is 12.9. The number of nitrogens with zero attached hydrogens (tertiary/aromatic N) is 3. The summed E-state index contributed by atoms with van der Waals surface area (Å²) in [6.45, 7) is 5.30. The molecule has 5 nitrogen and oxygen atoms in total. The molecule has 1 amide bonds. The number of benzene rings is 1. The van der Waals surface area contributed by atoms with Crippen LogP contribution in [-0.2, 0) is 4.79 Å². The average Bonchev–Trinajstić information content (AvgIpc) is 2.96. The molecule has 1 heterocycles. The van der Waals surface area contributed by atoms with Gasteiger partial charge in [-0.15, -0.1) is 5.10 Å². The van der Waals surface area contributed by atoms with E-state index in [1.165, 1.54) is 23.9 Å². The first-order chi connectivity index (χ1) is 10.1. The van der Waals surface area contributed by atoms with Gasteiger partial charge in [0.25, 0.3) is 0 Å². The highest BCUT2D eigenvalue weighted by molar-refractivity contribution is 7.99. The van der Waals surface area contributed by atoms with Crippen LogP contribution in [0.25, 0.3) is 11.4 Å². The van der Waals surface area contributed by atoms with Crippen LogP contribution in [0.1, 0.15) is 13.8 Å². The van der Waals surface area contributed by atoms with Gasteiger partial charge in [0.1, 0.15) is 5.82 Å². The molecule has 0 aliphatic carbocycles. The zero-order valence-corrected chi connectivity index (χ0v) is 12.8. The van der Waals surface area contributed by atoms with Crippen molar-refractivity contribution in [1.29, 1.82) is 0 Å². The fraction of sp³-hybridized carbons (Fsp3) is 0.357. The maximum atomic E-state index is 12.9. The standard InChI is InChI=1S/C14H17FN4OS/c1-3-19(4-2)12(20)9-21-14-16-13(17-18-14)10-5-7-11(15)8-6-10/h5-8H,3-4,9H2,1-2H3,(H,16,17,18). The molecule has 1 N–H and O–H groups in total. The highest BCUT2D eigenvalue weighted by Crippen LogP contribution is 2.19. The summed E-state index contributed by atoms with van der Waals surface area (Å²) in [5.74, 6) is 0.645. The number of amides is 1. The van der Waals surface area contributed by atoms with E-state index in [1.807, 2.05) is 13.8 Å². The number of aromatic nitrogens is 3. The van der Waals surface area contributed by atoms with E-state index >= 15 is 0 Å². The summed E-state index contributed by atoms with van der Waals surface area (Å²) >= 11 is 1.29. The van der Waals surface area contributed by atoms with E-state index in [9.17, 15) is 9.18 Å². The molecule has 0 bridgehead atoms. The van der Waals surface area contributed by atoms with Gasteiger partial charge in [-0.25, -0.2) is 9.37 Å². The van der Waals surface area contributed by atoms with Crippen LogP contribution in [-0.4, -0.2) is 44.8 Å². The van der Waals surface area contributed by atoms with Crippen LogP contribution in [0.4, 0.5) is 4.39 Å². The predicted octanol–water partition coefficient (Wildman–Crippen LogP) is 2.57. The lowest BCUT2D eigenvalue weighted by molar-refractivity contribution is -0.127. The molecule has 0 fully saturated rings. The number of hydrogen-bond acceptors (Lipinski definition) is 4. The molecule has 0 radical (unpaired) electrons. The van der Waals surface area contributed by atoms with Gasteiger partial charge < -0.3 is 4.90 Å². The Bertz CT molecular complexity index is 595. The van der Waals surface area contributed by atoms with Crippen molar-refractivity contribution in [2.45, 2.75) is 19.0 Å². The monoisotopic (exact) mass is 308 g/mol. The van der Waals surface area contributed by atoms with Crippen molar-refractivity contribution in [1.82, 2.24) is 20.1 Å². The molecule has 0 atom stereocenters. The Morgan fingerprint density at radius 1 is 1.29 bits per heavy atom. The topological polar surface area (TPSA) is 61.9 Å². The van der Waals surface area contributed by atoms with Gasteiger partial charge in [-0.1, -0.05) is 11.8 Å². The second kappa shape index (κ2) is 7.21. The number of carbonyl (C=O) groups is 1. The zero-order valence-electron chi connectivity index (χ0n) is 12.0. The molecule has 0 aliphatic rings. The number of rotatable bonds is 6. The van der Waals surface area contributed by atoms with Crippen LogP contribution in [0, 0.1) is 5.82 Å². The zero-order chi connectivity index (χ0) is 15.2. The summed E-state index contributed by atoms with van der Waals surface area (Å²) in [6, 6.07) is 6.00. The van der Waals surface area contributed by atoms with E-state index in [-0.39, 0.29) is 11.7 Å². The molecule has 112 valence electrons. The van der Waals surface area contributed by atoms with E-state index in [4.69, 9.17) is 0 Å². The van der Waals surface area contributed by atoms with Crippen LogP contribution in [0.5, 0.6) is 0 Å². The molecule has 0 saturated carbocycles. The minimum Gasteiger partial charge on any atom is -0.343 e. The van der Waals surface area contributed by atoms with E-state index in [0.29, 0.717) is 29.8 Å². The number of hydrogen-bond donors (Lipinski definition) is 1. The number of carbonyl (C=O) groups excluding carboxylic acids is 1. The molecular weight excluding hydrogens is 291 g/mol. The fourth-order valence-corrected chi connectivity index (χ4v) is 2.54. The van der Waals surface area contributed by atoms with Crippen molar-refractivity contribution in [2.75, 3.05) is 18.8 Å². The lowest BCUT2D eigenvalue weighted by Gasteiger charge is -2.17. The van der Waals surface area contributed by atoms with Crippen LogP contribution < -0.4 is 0 Å². The molecule has 2 rings (SSSR count). The van der Waals surface area contributed by atoms with Crippen LogP contribution >= 0.6 is 11.8 Å². The summed E-state index contributed by atoms with van der Waals surface area (Å²) in [7, 11) is 0. The molecule has 0 spiro atoms. The third-order valence-electron chi connectivity index (χ3n) is 3.02. The average molecular weight is 308 g/mol. The molecule has 0 unspecified atom stereocenters. The van der Waals surface area contributed by atoms with E-state index in [1.54, 1.807) is 17.0 Å². The van der Waals surface area contributed by atoms with Crippen molar-refractivity contribution in [2.24, 2.45) is 0 Å². The molecule has 2 aromatic rings. The first-order valence-corrected chi connectivity index (χ1v) is 7.71. The summed E-state index contributed by atoms with van der Waals surface area (Å²) in [6.07, 6.45) is 0. The first kappa shape index (κ1) is 15.5. The summed E-state index contributed by atoms with van der Waals surface area (Å²) in [5.41, 5.74) is 0.755. The normalized spacial score (nSPS) is 10.6. The number of H-pyrrole nitrogens is 1. The Balaban J connectivity index is 1.97. The fourth-order valence-electron chi connectivity index (χ4n) is 1.84. The molecule has 1 aromatic heterocycles. The van der Waals surface area contributed by atoms with Gasteiger partial charge in [0.2, 0.25) is 11.1 Å². The van der Waals surface area contributed by atoms with Crippen molar-refractivity contribution < 1.29 is 9.18 Å². The van der Waals surface area contributed by atoms with Gasteiger partial charge in [0, 0.05) is 18.7 Å². The van der Waals surface area contributed by atoms with Crippen molar-refractivity contribution in [3.05, 3.63) is 30.1 Å². The van der Waals surface area contributed by atoms with Gasteiger partial charge in [0.05, 0.1) is 5.75 Å². The number of halogens is 1. The largest absolute Gasteiger partial charge is 0.343 e. The highest BCUT2D eigenvalue weighted by atomic mass is 32.2. The predicted molar refractivity (Wildman–Crippen MR) is 80.4 cm³/mol. The molecular formula is C14H17FN4OS. The lowest BCUT2D eigenvalue weighted by atomic mass is 10.2. The van der Waals surface area contributed by atoms with Crippen LogP contribution in [0.15, 0.2) is 29.4 Å². The Kier molecular flexibility index (Phi) is 5.32. The van der Waals surface area contributed by atoms with E-state index < -0.39 is 0 Å². The Labute approximate surface area is 127 Å². The van der Waals surface area contributed by atoms with Gasteiger partial charge in [-0.05, 0) is 38.1 Å². The Morgan fingerprint density at radius 2 is 1.95 bits per heavy atom. The quantitative estimate of drug-likeness (QED) is 0.833. The van der Waals surface area contributed by atoms with Crippen molar-refractivity contribution in [3.63, 3.8) is 0 Å². The third-order valence-corrected chi connectivity index (χ3v) is 3.86. The van der Waals surface area contributed by atoms with Gasteiger partial charge >= 0.3 is 0 Å². The lowest BCUT2D eigenvalue weighted by Crippen LogP contribution is -2.31. The van der Waals surface area contributed by atoms with Crippen LogP contribution in [0.3, 0.4) is 0 Å². The maximum Gasteiger partial charge on any atom is 0.233 e. The van der Waals surface area contributed by atoms with Gasteiger partial charge in [0.15, 0.2) is 5.82 Å². The minimum atomic E-state index is -0.294. The van der Waals surface area contributed by atoms with Gasteiger partial charge in [-0.2, -0.15) is 0 Å². The molecule has 1 aromatic carbocycles. The second-order valence-electron chi connectivity index (χ2n) is 4.33. The van der Waals surface area contributed by atoms with E-state index in [2.05, 4.69) is 15.2 Å². The third kappa shape index (κ3) is 4.04. The smallest absolute Gasteiger partial charge is 0.233 e. The molecule has 0 saturated heterocycles. The summed E-state index contributed by atoms with van der Waals surface area (Å²) in [5, 5.41) is 7.36. The minimum absolute atomic E-state index is 0.0677. The number of thioether (sulfide) groups is 1. The molecule has 7 heteroatoms. The molecule has 21 heavy (non-hydrogen) atoms. The number of aromatic amines is 1. The Morgan fingerprint density at radius 3 is 2.57 bits per heavy atom. The Hall–Kier alpha value is -1.89. The van der Waals surface area contributed by atoms with Crippen molar-refractivity contribution in [3.8, 4) is 11.4 Å². The molecule has 0 aliphatic heterocycles. The van der Waals surface area contributed by atoms with Crippen molar-refractivity contribution >= 4 is 17.7 Å².